The van der Waals surface area contributed by atoms with Crippen LogP contribution < -0.4 is 4.90 Å². The Hall–Kier alpha value is -7.82. The minimum absolute atomic E-state index is 0.869. The first-order valence-corrected chi connectivity index (χ1v) is 19.7. The average Bonchev–Trinajstić information content (AvgIpc) is 3.96. The number of hydrogen-bond acceptors (Lipinski definition) is 3. The second-order valence-corrected chi connectivity index (χ2v) is 14.9. The van der Waals surface area contributed by atoms with Gasteiger partial charge in [0, 0.05) is 66.7 Å². The van der Waals surface area contributed by atoms with Gasteiger partial charge in [-0.15, -0.1) is 0 Å². The van der Waals surface area contributed by atoms with Gasteiger partial charge in [-0.05, 0) is 89.5 Å². The van der Waals surface area contributed by atoms with Crippen molar-refractivity contribution in [1.82, 2.24) is 4.57 Å². The van der Waals surface area contributed by atoms with Crippen LogP contribution in [0.2, 0.25) is 0 Å². The topological polar surface area (TPSA) is 34.5 Å². The third kappa shape index (κ3) is 5.02. The van der Waals surface area contributed by atoms with Gasteiger partial charge < -0.3 is 18.3 Å². The van der Waals surface area contributed by atoms with E-state index in [1.807, 2.05) is 18.2 Å². The monoisotopic (exact) mass is 742 g/mol. The van der Waals surface area contributed by atoms with Crippen molar-refractivity contribution < 1.29 is 8.83 Å². The largest absolute Gasteiger partial charge is 0.456 e. The molecule has 12 rings (SSSR count). The van der Waals surface area contributed by atoms with Crippen LogP contribution >= 0.6 is 0 Å². The van der Waals surface area contributed by atoms with Gasteiger partial charge in [0.2, 0.25) is 0 Å². The highest BCUT2D eigenvalue weighted by Crippen LogP contribution is 2.47. The van der Waals surface area contributed by atoms with Crippen LogP contribution in [0.15, 0.2) is 215 Å². The summed E-state index contributed by atoms with van der Waals surface area (Å²) in [5.74, 6) is 0. The molecule has 0 fully saturated rings. The molecule has 0 bridgehead atoms. The van der Waals surface area contributed by atoms with E-state index in [1.54, 1.807) is 0 Å². The van der Waals surface area contributed by atoms with Crippen LogP contribution in [0.1, 0.15) is 0 Å². The number of fused-ring (bicyclic) bond motifs is 9. The predicted molar refractivity (Wildman–Crippen MR) is 241 cm³/mol. The highest BCUT2D eigenvalue weighted by Gasteiger charge is 2.23. The number of aromatic nitrogens is 1. The van der Waals surface area contributed by atoms with E-state index in [9.17, 15) is 0 Å². The lowest BCUT2D eigenvalue weighted by molar-refractivity contribution is 0.668. The van der Waals surface area contributed by atoms with E-state index in [-0.39, 0.29) is 0 Å². The molecule has 3 heterocycles. The molecule has 0 aliphatic rings. The fourth-order valence-corrected chi connectivity index (χ4v) is 8.99. The number of anilines is 3. The zero-order valence-corrected chi connectivity index (χ0v) is 31.3. The van der Waals surface area contributed by atoms with E-state index in [1.165, 1.54) is 27.5 Å². The van der Waals surface area contributed by atoms with E-state index < -0.39 is 0 Å². The van der Waals surface area contributed by atoms with E-state index in [0.29, 0.717) is 0 Å². The number of hydrogen-bond donors (Lipinski definition) is 0. The van der Waals surface area contributed by atoms with Crippen LogP contribution in [0, 0.1) is 0 Å². The van der Waals surface area contributed by atoms with Gasteiger partial charge in [0.1, 0.15) is 22.3 Å². The molecule has 0 spiro atoms. The molecule has 0 saturated carbocycles. The van der Waals surface area contributed by atoms with Crippen molar-refractivity contribution in [3.63, 3.8) is 0 Å². The van der Waals surface area contributed by atoms with E-state index in [2.05, 4.69) is 198 Å². The zero-order chi connectivity index (χ0) is 38.2. The molecule has 4 heteroatoms. The molecule has 9 aromatic carbocycles. The zero-order valence-electron chi connectivity index (χ0n) is 31.3. The van der Waals surface area contributed by atoms with Crippen LogP contribution in [0.3, 0.4) is 0 Å². The van der Waals surface area contributed by atoms with Gasteiger partial charge in [-0.2, -0.15) is 0 Å². The van der Waals surface area contributed by atoms with Crippen LogP contribution in [0.25, 0.3) is 93.6 Å². The Bertz CT molecular complexity index is 3480. The number of benzene rings is 9. The molecule has 0 radical (unpaired) electrons. The normalized spacial score (nSPS) is 11.8. The Morgan fingerprint density at radius 1 is 0.328 bits per heavy atom. The van der Waals surface area contributed by atoms with E-state index >= 15 is 0 Å². The van der Waals surface area contributed by atoms with Crippen molar-refractivity contribution in [3.8, 4) is 27.9 Å². The number of para-hydroxylation sites is 4. The second kappa shape index (κ2) is 12.9. The molecule has 58 heavy (non-hydrogen) atoms. The third-order valence-corrected chi connectivity index (χ3v) is 11.6. The van der Waals surface area contributed by atoms with Crippen LogP contribution in [-0.4, -0.2) is 4.57 Å². The standard InChI is InChI=1S/C54H34N2O2/c1-3-13-35(14-4-1)36-23-25-37(26-24-36)52-53-43-18-7-10-20-46(43)56(47(53)34-51-54(52)44-19-9-12-22-49(44)58-51)40-29-27-39(28-30-40)55(38-15-5-2-6-16-38)41-31-32-50-45(33-41)42-17-8-11-21-48(42)57-50/h1-34H. The summed E-state index contributed by atoms with van der Waals surface area (Å²) in [7, 11) is 0. The molecule has 12 aromatic rings. The third-order valence-electron chi connectivity index (χ3n) is 11.6. The predicted octanol–water partition coefficient (Wildman–Crippen LogP) is 15.4. The molecule has 0 unspecified atom stereocenters. The SMILES string of the molecule is c1ccc(-c2ccc(-c3c4c(cc5c3c3ccccc3n5-c3ccc(N(c5ccccc5)c5ccc6oc7ccccc7c6c5)cc3)oc3ccccc34)cc2)cc1. The number of nitrogens with zero attached hydrogens (tertiary/aromatic N) is 2. The molecule has 0 saturated heterocycles. The molecule has 4 nitrogen and oxygen atoms in total. The van der Waals surface area contributed by atoms with Crippen molar-refractivity contribution in [2.24, 2.45) is 0 Å². The summed E-state index contributed by atoms with van der Waals surface area (Å²) in [6.07, 6.45) is 0. The van der Waals surface area contributed by atoms with Crippen LogP contribution in [0.5, 0.6) is 0 Å². The lowest BCUT2D eigenvalue weighted by Gasteiger charge is -2.26. The Morgan fingerprint density at radius 3 is 1.66 bits per heavy atom. The Balaban J connectivity index is 1.06. The van der Waals surface area contributed by atoms with Gasteiger partial charge in [-0.1, -0.05) is 127 Å². The van der Waals surface area contributed by atoms with Crippen molar-refractivity contribution >= 4 is 82.7 Å². The van der Waals surface area contributed by atoms with Gasteiger partial charge in [0.05, 0.1) is 11.0 Å². The van der Waals surface area contributed by atoms with Gasteiger partial charge in [-0.25, -0.2) is 0 Å². The van der Waals surface area contributed by atoms with Crippen molar-refractivity contribution in [3.05, 3.63) is 206 Å². The molecule has 0 aliphatic carbocycles. The minimum Gasteiger partial charge on any atom is -0.456 e. The molecule has 0 amide bonds. The summed E-state index contributed by atoms with van der Waals surface area (Å²) in [4.78, 5) is 2.31. The summed E-state index contributed by atoms with van der Waals surface area (Å²) in [6.45, 7) is 0. The fraction of sp³-hybridized carbons (Fsp3) is 0. The lowest BCUT2D eigenvalue weighted by atomic mass is 9.93. The van der Waals surface area contributed by atoms with Gasteiger partial charge in [-0.3, -0.25) is 0 Å². The van der Waals surface area contributed by atoms with E-state index in [0.717, 1.165) is 83.2 Å². The summed E-state index contributed by atoms with van der Waals surface area (Å²) in [5.41, 5.74) is 14.8. The minimum atomic E-state index is 0.869. The highest BCUT2D eigenvalue weighted by molar-refractivity contribution is 6.27. The van der Waals surface area contributed by atoms with E-state index in [4.69, 9.17) is 8.83 Å². The fourth-order valence-electron chi connectivity index (χ4n) is 8.99. The molecule has 0 N–H and O–H groups in total. The number of furan rings is 2. The quantitative estimate of drug-likeness (QED) is 0.170. The smallest absolute Gasteiger partial charge is 0.138 e. The van der Waals surface area contributed by atoms with Gasteiger partial charge in [0.25, 0.3) is 0 Å². The Labute approximate surface area is 334 Å². The first kappa shape index (κ1) is 32.4. The summed E-state index contributed by atoms with van der Waals surface area (Å²) < 4.78 is 15.3. The Morgan fingerprint density at radius 2 is 0.879 bits per heavy atom. The maximum absolute atomic E-state index is 6.68. The molecule has 3 aromatic heterocycles. The maximum Gasteiger partial charge on any atom is 0.138 e. The van der Waals surface area contributed by atoms with Crippen LogP contribution in [-0.2, 0) is 0 Å². The molecule has 0 aliphatic heterocycles. The van der Waals surface area contributed by atoms with Crippen LogP contribution in [0.4, 0.5) is 17.1 Å². The second-order valence-electron chi connectivity index (χ2n) is 14.9. The first-order chi connectivity index (χ1) is 28.8. The molecule has 0 atom stereocenters. The Kier molecular flexibility index (Phi) is 7.20. The van der Waals surface area contributed by atoms with Gasteiger partial charge >= 0.3 is 0 Å². The highest BCUT2D eigenvalue weighted by atomic mass is 16.3. The molecule has 272 valence electrons. The first-order valence-electron chi connectivity index (χ1n) is 19.7. The summed E-state index contributed by atoms with van der Waals surface area (Å²) in [5, 5.41) is 6.86. The van der Waals surface area contributed by atoms with Gasteiger partial charge in [0.15, 0.2) is 0 Å². The lowest BCUT2D eigenvalue weighted by Crippen LogP contribution is -2.09. The maximum atomic E-state index is 6.68. The van der Waals surface area contributed by atoms with Crippen molar-refractivity contribution in [2.45, 2.75) is 0 Å². The average molecular weight is 743 g/mol. The van der Waals surface area contributed by atoms with Crippen molar-refractivity contribution in [2.75, 3.05) is 4.90 Å². The molecular formula is C54H34N2O2. The van der Waals surface area contributed by atoms with Crippen molar-refractivity contribution in [1.29, 1.82) is 0 Å². The summed E-state index contributed by atoms with van der Waals surface area (Å²) in [6, 6.07) is 73.1. The summed E-state index contributed by atoms with van der Waals surface area (Å²) >= 11 is 0. The number of rotatable bonds is 6. The molecular weight excluding hydrogens is 709 g/mol.